The Kier molecular flexibility index (Phi) is 7.40. The van der Waals surface area contributed by atoms with E-state index in [-0.39, 0.29) is 27.9 Å². The molecule has 0 unspecified atom stereocenters. The molecule has 8 nitrogen and oxygen atoms in total. The van der Waals surface area contributed by atoms with Crippen LogP contribution in [0, 0.1) is 18.3 Å². The number of rotatable bonds is 4. The van der Waals surface area contributed by atoms with Gasteiger partial charge in [-0.15, -0.1) is 0 Å². The van der Waals surface area contributed by atoms with Gasteiger partial charge in [0.15, 0.2) is 0 Å². The van der Waals surface area contributed by atoms with Crippen molar-refractivity contribution in [2.75, 3.05) is 0 Å². The number of nitriles is 1. The van der Waals surface area contributed by atoms with Crippen LogP contribution in [0.5, 0.6) is 0 Å². The molecule has 3 aromatic carbocycles. The number of hydrogen-bond acceptors (Lipinski definition) is 5. The van der Waals surface area contributed by atoms with Gasteiger partial charge in [0.25, 0.3) is 5.56 Å². The van der Waals surface area contributed by atoms with Crippen LogP contribution in [0.15, 0.2) is 96.1 Å². The number of aromatic nitrogens is 2. The first-order chi connectivity index (χ1) is 18.3. The van der Waals surface area contributed by atoms with E-state index in [1.165, 1.54) is 25.1 Å². The summed E-state index contributed by atoms with van der Waals surface area (Å²) in [6, 6.07) is 25.4. The third-order valence-electron chi connectivity index (χ3n) is 6.00. The van der Waals surface area contributed by atoms with Gasteiger partial charge < -0.3 is 15.2 Å². The number of nitrogens with zero attached hydrogens (tertiary/aromatic N) is 2. The van der Waals surface area contributed by atoms with E-state index in [9.17, 15) is 19.6 Å². The summed E-state index contributed by atoms with van der Waals surface area (Å²) in [7, 11) is 0. The van der Waals surface area contributed by atoms with Crippen molar-refractivity contribution in [3.63, 3.8) is 0 Å². The quantitative estimate of drug-likeness (QED) is 0.293. The Morgan fingerprint density at radius 3 is 2.00 bits per heavy atom. The van der Waals surface area contributed by atoms with E-state index in [4.69, 9.17) is 10.2 Å². The molecule has 5 aromatic rings. The molecular formula is C30H21N3O5. The molecule has 38 heavy (non-hydrogen) atoms. The van der Waals surface area contributed by atoms with Gasteiger partial charge in [0.2, 0.25) is 0 Å². The number of aromatic amines is 1. The number of pyridine rings is 2. The van der Waals surface area contributed by atoms with Gasteiger partial charge in [-0.05, 0) is 71.0 Å². The van der Waals surface area contributed by atoms with Crippen molar-refractivity contribution in [2.45, 2.75) is 6.92 Å². The van der Waals surface area contributed by atoms with Crippen molar-refractivity contribution < 1.29 is 19.8 Å². The summed E-state index contributed by atoms with van der Waals surface area (Å²) >= 11 is 0. The lowest BCUT2D eigenvalue weighted by molar-refractivity contribution is 0.0696. The molecule has 0 atom stereocenters. The number of nitrogens with one attached hydrogen (secondary N) is 1. The molecule has 186 valence electrons. The van der Waals surface area contributed by atoms with Crippen LogP contribution in [0.2, 0.25) is 0 Å². The van der Waals surface area contributed by atoms with Crippen molar-refractivity contribution in [3.05, 3.63) is 124 Å². The first-order valence-electron chi connectivity index (χ1n) is 11.4. The second kappa shape index (κ2) is 11.0. The van der Waals surface area contributed by atoms with E-state index in [1.54, 1.807) is 18.5 Å². The van der Waals surface area contributed by atoms with Gasteiger partial charge in [-0.2, -0.15) is 5.26 Å². The van der Waals surface area contributed by atoms with Crippen LogP contribution in [0.1, 0.15) is 32.0 Å². The fourth-order valence-corrected chi connectivity index (χ4v) is 4.14. The molecule has 3 N–H and O–H groups in total. The summed E-state index contributed by atoms with van der Waals surface area (Å²) in [4.78, 5) is 40.3. The van der Waals surface area contributed by atoms with Crippen LogP contribution in [-0.4, -0.2) is 32.1 Å². The normalized spacial score (nSPS) is 10.2. The molecule has 8 heteroatoms. The highest BCUT2D eigenvalue weighted by Crippen LogP contribution is 2.32. The summed E-state index contributed by atoms with van der Waals surface area (Å²) in [6.45, 7) is 1.48. The van der Waals surface area contributed by atoms with Gasteiger partial charge in [-0.1, -0.05) is 42.5 Å². The Morgan fingerprint density at radius 2 is 1.42 bits per heavy atom. The van der Waals surface area contributed by atoms with E-state index in [1.807, 2.05) is 54.6 Å². The fourth-order valence-electron chi connectivity index (χ4n) is 4.14. The van der Waals surface area contributed by atoms with Gasteiger partial charge in [0, 0.05) is 23.3 Å². The average molecular weight is 504 g/mol. The molecule has 0 radical (unpaired) electrons. The minimum atomic E-state index is -1.11. The molecule has 0 aliphatic heterocycles. The Labute approximate surface area is 217 Å². The van der Waals surface area contributed by atoms with E-state index < -0.39 is 11.9 Å². The van der Waals surface area contributed by atoms with Crippen molar-refractivity contribution >= 4 is 22.7 Å². The molecule has 0 saturated heterocycles. The number of fused-ring (bicyclic) bond motifs is 1. The molecule has 0 aliphatic rings. The van der Waals surface area contributed by atoms with Crippen molar-refractivity contribution in [1.29, 1.82) is 5.26 Å². The molecule has 0 bridgehead atoms. The Hall–Kier alpha value is -5.55. The first kappa shape index (κ1) is 25.5. The molecule has 0 aliphatic carbocycles. The zero-order chi connectivity index (χ0) is 27.2. The summed E-state index contributed by atoms with van der Waals surface area (Å²) in [5.41, 5.74) is 3.97. The average Bonchev–Trinajstić information content (AvgIpc) is 2.93. The standard InChI is InChI=1S/C21H13N3O.C9H8O4/c22-13-19-20(15-4-2-1-3-5-15)18-12-16(14-8-10-23-11-9-14)6-7-17(18)21(25)24-19;1-5-6(8(10)11)3-2-4-7(5)9(12)13/h1-12H,(H,24,25);2-4H,1H3,(H,10,11)(H,12,13). The molecule has 0 fully saturated rings. The third-order valence-corrected chi connectivity index (χ3v) is 6.00. The maximum Gasteiger partial charge on any atom is 0.335 e. The van der Waals surface area contributed by atoms with E-state index in [0.717, 1.165) is 27.6 Å². The number of H-pyrrole nitrogens is 1. The smallest absolute Gasteiger partial charge is 0.335 e. The minimum absolute atomic E-state index is 0.0277. The van der Waals surface area contributed by atoms with Crippen LogP contribution in [0.3, 0.4) is 0 Å². The van der Waals surface area contributed by atoms with Gasteiger partial charge >= 0.3 is 11.9 Å². The maximum atomic E-state index is 12.4. The SMILES string of the molecule is Cc1c(C(=O)O)cccc1C(=O)O.N#Cc1[nH]c(=O)c2ccc(-c3ccncc3)cc2c1-c1ccccc1. The second-order valence-corrected chi connectivity index (χ2v) is 8.27. The highest BCUT2D eigenvalue weighted by Gasteiger charge is 2.15. The number of carboxylic acid groups (broad SMARTS) is 2. The van der Waals surface area contributed by atoms with Crippen LogP contribution in [0.4, 0.5) is 0 Å². The molecule has 0 amide bonds. The molecular weight excluding hydrogens is 482 g/mol. The van der Waals surface area contributed by atoms with Crippen LogP contribution < -0.4 is 5.56 Å². The lowest BCUT2D eigenvalue weighted by atomic mass is 9.95. The summed E-state index contributed by atoms with van der Waals surface area (Å²) in [5, 5.41) is 28.2. The van der Waals surface area contributed by atoms with Crippen LogP contribution in [0.25, 0.3) is 33.0 Å². The number of carbonyl (C=O) groups is 2. The lowest BCUT2D eigenvalue weighted by Crippen LogP contribution is -2.10. The summed E-state index contributed by atoms with van der Waals surface area (Å²) in [5.74, 6) is -2.22. The predicted molar refractivity (Wildman–Crippen MR) is 143 cm³/mol. The maximum absolute atomic E-state index is 12.4. The Balaban J connectivity index is 0.000000219. The zero-order valence-electron chi connectivity index (χ0n) is 20.2. The number of carboxylic acids is 2. The first-order valence-corrected chi connectivity index (χ1v) is 11.4. The molecule has 0 spiro atoms. The predicted octanol–water partition coefficient (Wildman–Crippen LogP) is 5.52. The van der Waals surface area contributed by atoms with Crippen LogP contribution >= 0.6 is 0 Å². The van der Waals surface area contributed by atoms with Gasteiger partial charge in [0.05, 0.1) is 11.1 Å². The third kappa shape index (κ3) is 5.17. The fraction of sp³-hybridized carbons (Fsp3) is 0.0333. The van der Waals surface area contributed by atoms with Gasteiger partial charge in [0.1, 0.15) is 11.8 Å². The highest BCUT2D eigenvalue weighted by atomic mass is 16.4. The van der Waals surface area contributed by atoms with E-state index in [0.29, 0.717) is 5.39 Å². The topological polar surface area (TPSA) is 144 Å². The lowest BCUT2D eigenvalue weighted by Gasteiger charge is -2.11. The van der Waals surface area contributed by atoms with Gasteiger partial charge in [-0.3, -0.25) is 9.78 Å². The molecule has 5 rings (SSSR count). The molecule has 2 aromatic heterocycles. The van der Waals surface area contributed by atoms with Crippen LogP contribution in [-0.2, 0) is 0 Å². The zero-order valence-corrected chi connectivity index (χ0v) is 20.2. The van der Waals surface area contributed by atoms with Gasteiger partial charge in [-0.25, -0.2) is 9.59 Å². The summed E-state index contributed by atoms with van der Waals surface area (Å²) in [6.07, 6.45) is 3.46. The number of hydrogen-bond donors (Lipinski definition) is 3. The highest BCUT2D eigenvalue weighted by molar-refractivity contribution is 6.00. The number of aromatic carboxylic acids is 2. The number of benzene rings is 3. The largest absolute Gasteiger partial charge is 0.478 e. The Bertz CT molecular complexity index is 1720. The van der Waals surface area contributed by atoms with Crippen molar-refractivity contribution in [1.82, 2.24) is 9.97 Å². The van der Waals surface area contributed by atoms with E-state index >= 15 is 0 Å². The van der Waals surface area contributed by atoms with E-state index in [2.05, 4.69) is 16.0 Å². The van der Waals surface area contributed by atoms with Crippen molar-refractivity contribution in [3.8, 4) is 28.3 Å². The summed E-state index contributed by atoms with van der Waals surface area (Å²) < 4.78 is 0. The monoisotopic (exact) mass is 503 g/mol. The minimum Gasteiger partial charge on any atom is -0.478 e. The van der Waals surface area contributed by atoms with Crippen molar-refractivity contribution in [2.24, 2.45) is 0 Å². The molecule has 0 saturated carbocycles. The second-order valence-electron chi connectivity index (χ2n) is 8.27. The Morgan fingerprint density at radius 1 is 0.789 bits per heavy atom. The molecule has 2 heterocycles.